The van der Waals surface area contributed by atoms with E-state index < -0.39 is 29.2 Å². The second-order valence-corrected chi connectivity index (χ2v) is 8.77. The fourth-order valence-corrected chi connectivity index (χ4v) is 4.23. The van der Waals surface area contributed by atoms with Gasteiger partial charge in [0.2, 0.25) is 0 Å². The number of alkyl halides is 3. The summed E-state index contributed by atoms with van der Waals surface area (Å²) >= 11 is 0. The van der Waals surface area contributed by atoms with Gasteiger partial charge in [-0.2, -0.15) is 23.4 Å². The number of aromatic amines is 1. The molecular formula is C24H18F4N6O2. The van der Waals surface area contributed by atoms with Gasteiger partial charge in [-0.1, -0.05) is 0 Å². The lowest BCUT2D eigenvalue weighted by Gasteiger charge is -2.21. The Labute approximate surface area is 200 Å². The topological polar surface area (TPSA) is 98.6 Å². The monoisotopic (exact) mass is 498 g/mol. The van der Waals surface area contributed by atoms with E-state index in [9.17, 15) is 22.4 Å². The highest BCUT2D eigenvalue weighted by atomic mass is 19.4. The molecule has 0 amide bonds. The third kappa shape index (κ3) is 4.06. The van der Waals surface area contributed by atoms with Gasteiger partial charge in [0.25, 0.3) is 5.56 Å². The van der Waals surface area contributed by atoms with Gasteiger partial charge in [-0.15, -0.1) is 0 Å². The molecule has 8 nitrogen and oxygen atoms in total. The summed E-state index contributed by atoms with van der Waals surface area (Å²) in [5.74, 6) is -0.959. The van der Waals surface area contributed by atoms with Crippen molar-refractivity contribution in [1.29, 1.82) is 0 Å². The largest absolute Gasteiger partial charge is 0.416 e. The van der Waals surface area contributed by atoms with Crippen LogP contribution in [0.5, 0.6) is 0 Å². The maximum Gasteiger partial charge on any atom is 0.416 e. The molecule has 1 atom stereocenters. The van der Waals surface area contributed by atoms with Gasteiger partial charge in [0.15, 0.2) is 5.82 Å². The zero-order valence-corrected chi connectivity index (χ0v) is 18.6. The number of rotatable bonds is 4. The Morgan fingerprint density at radius 3 is 2.72 bits per heavy atom. The number of hydrogen-bond acceptors (Lipinski definition) is 6. The average molecular weight is 498 g/mol. The van der Waals surface area contributed by atoms with Gasteiger partial charge in [0.05, 0.1) is 41.7 Å². The van der Waals surface area contributed by atoms with Crippen molar-refractivity contribution in [3.63, 3.8) is 0 Å². The summed E-state index contributed by atoms with van der Waals surface area (Å²) in [4.78, 5) is 21.4. The Balaban J connectivity index is 1.46. The lowest BCUT2D eigenvalue weighted by molar-refractivity contribution is -0.137. The highest BCUT2D eigenvalue weighted by Crippen LogP contribution is 2.37. The van der Waals surface area contributed by atoms with E-state index in [1.54, 1.807) is 6.20 Å². The first kappa shape index (κ1) is 22.5. The second-order valence-electron chi connectivity index (χ2n) is 8.77. The van der Waals surface area contributed by atoms with Gasteiger partial charge in [0.1, 0.15) is 17.4 Å². The Morgan fingerprint density at radius 2 is 1.97 bits per heavy atom. The minimum Gasteiger partial charge on any atom is -0.369 e. The lowest BCUT2D eigenvalue weighted by atomic mass is 10.0. The second kappa shape index (κ2) is 8.33. The van der Waals surface area contributed by atoms with Crippen LogP contribution < -0.4 is 5.56 Å². The third-order valence-electron chi connectivity index (χ3n) is 6.25. The van der Waals surface area contributed by atoms with Crippen molar-refractivity contribution in [2.24, 2.45) is 0 Å². The Kier molecular flexibility index (Phi) is 5.21. The van der Waals surface area contributed by atoms with Crippen molar-refractivity contribution < 1.29 is 22.3 Å². The number of hydrogen-bond donors (Lipinski definition) is 1. The zero-order chi connectivity index (χ0) is 25.0. The summed E-state index contributed by atoms with van der Waals surface area (Å²) in [5.41, 5.74) is -0.494. The van der Waals surface area contributed by atoms with Crippen LogP contribution in [0, 0.1) is 5.82 Å². The molecule has 1 aromatic carbocycles. The molecule has 0 spiro atoms. The van der Waals surface area contributed by atoms with E-state index in [2.05, 4.69) is 25.3 Å². The number of benzene rings is 1. The molecule has 36 heavy (non-hydrogen) atoms. The molecule has 184 valence electrons. The first-order valence-corrected chi connectivity index (χ1v) is 11.3. The number of ether oxygens (including phenoxy) is 1. The number of aromatic nitrogens is 6. The van der Waals surface area contributed by atoms with Gasteiger partial charge >= 0.3 is 6.18 Å². The first-order valence-electron chi connectivity index (χ1n) is 11.3. The fraction of sp³-hybridized carbons (Fsp3) is 0.292. The number of H-pyrrole nitrogens is 1. The predicted molar refractivity (Wildman–Crippen MR) is 120 cm³/mol. The minimum atomic E-state index is -4.70. The molecule has 6 rings (SSSR count). The molecular weight excluding hydrogens is 480 g/mol. The van der Waals surface area contributed by atoms with Crippen molar-refractivity contribution in [3.8, 4) is 11.3 Å². The standard InChI is InChI=1S/C24H18F4N6O2/c25-18-8-14(24(26,27)28)1-4-16(18)20-17-10-29-33-23(35)21(17)32-22(31-20)12-5-6-36-19(7-12)13-9-30-34(11-13)15-2-3-15/h1,4,7-11,15,19H,2-3,5-6H2,(H,33,35)/t19-/m1/s1. The molecule has 0 unspecified atom stereocenters. The predicted octanol–water partition coefficient (Wildman–Crippen LogP) is 4.61. The highest BCUT2D eigenvalue weighted by molar-refractivity contribution is 5.92. The van der Waals surface area contributed by atoms with Crippen LogP contribution in [0.3, 0.4) is 0 Å². The average Bonchev–Trinajstić information content (AvgIpc) is 3.59. The van der Waals surface area contributed by atoms with Crippen LogP contribution in [0.15, 0.2) is 47.7 Å². The van der Waals surface area contributed by atoms with E-state index in [4.69, 9.17) is 4.74 Å². The number of nitrogens with one attached hydrogen (secondary N) is 1. The van der Waals surface area contributed by atoms with E-state index >= 15 is 0 Å². The smallest absolute Gasteiger partial charge is 0.369 e. The summed E-state index contributed by atoms with van der Waals surface area (Å²) < 4.78 is 61.9. The summed E-state index contributed by atoms with van der Waals surface area (Å²) in [7, 11) is 0. The molecule has 4 heterocycles. The fourth-order valence-electron chi connectivity index (χ4n) is 4.23. The van der Waals surface area contributed by atoms with Gasteiger partial charge in [0, 0.05) is 17.3 Å². The number of nitrogens with zero attached hydrogens (tertiary/aromatic N) is 5. The van der Waals surface area contributed by atoms with Crippen LogP contribution in [0.2, 0.25) is 0 Å². The minimum absolute atomic E-state index is 0.0229. The molecule has 1 N–H and O–H groups in total. The summed E-state index contributed by atoms with van der Waals surface area (Å²) in [6, 6.07) is 2.59. The molecule has 1 fully saturated rings. The third-order valence-corrected chi connectivity index (χ3v) is 6.25. The lowest BCUT2D eigenvalue weighted by Crippen LogP contribution is -2.15. The molecule has 1 aliphatic carbocycles. The molecule has 2 aliphatic rings. The van der Waals surface area contributed by atoms with Crippen LogP contribution in [0.1, 0.15) is 48.4 Å². The molecule has 12 heteroatoms. The van der Waals surface area contributed by atoms with Crippen LogP contribution in [-0.2, 0) is 10.9 Å². The molecule has 1 saturated carbocycles. The van der Waals surface area contributed by atoms with E-state index in [1.807, 2.05) is 17.0 Å². The van der Waals surface area contributed by atoms with E-state index in [0.29, 0.717) is 30.7 Å². The van der Waals surface area contributed by atoms with Gasteiger partial charge < -0.3 is 4.74 Å². The first-order chi connectivity index (χ1) is 17.3. The molecule has 3 aromatic heterocycles. The summed E-state index contributed by atoms with van der Waals surface area (Å²) in [6.07, 6.45) is 4.23. The van der Waals surface area contributed by atoms with E-state index in [0.717, 1.165) is 30.5 Å². The van der Waals surface area contributed by atoms with Crippen LogP contribution in [-0.4, -0.2) is 36.6 Å². The molecule has 1 aliphatic heterocycles. The van der Waals surface area contributed by atoms with E-state index in [-0.39, 0.29) is 28.0 Å². The van der Waals surface area contributed by atoms with Crippen molar-refractivity contribution in [3.05, 3.63) is 76.0 Å². The molecule has 0 saturated heterocycles. The van der Waals surface area contributed by atoms with Crippen molar-refractivity contribution in [2.75, 3.05) is 6.61 Å². The molecule has 4 aromatic rings. The SMILES string of the molecule is O=c1[nH]ncc2c(-c3ccc(C(F)(F)F)cc3F)nc(C3=C[C@H](c4cnn(C5CC5)c4)OCC3)nc12. The summed E-state index contributed by atoms with van der Waals surface area (Å²) in [6.45, 7) is 0.350. The Morgan fingerprint density at radius 1 is 1.14 bits per heavy atom. The van der Waals surface area contributed by atoms with Gasteiger partial charge in [-0.3, -0.25) is 9.48 Å². The quantitative estimate of drug-likeness (QED) is 0.413. The maximum absolute atomic E-state index is 14.9. The van der Waals surface area contributed by atoms with Crippen LogP contribution in [0.25, 0.3) is 27.7 Å². The molecule has 0 radical (unpaired) electrons. The number of halogens is 4. The number of fused-ring (bicyclic) bond motifs is 1. The molecule has 0 bridgehead atoms. The van der Waals surface area contributed by atoms with Crippen LogP contribution in [0.4, 0.5) is 17.6 Å². The highest BCUT2D eigenvalue weighted by Gasteiger charge is 2.32. The Hall–Kier alpha value is -3.93. The Bertz CT molecular complexity index is 1570. The normalized spacial score (nSPS) is 18.4. The zero-order valence-electron chi connectivity index (χ0n) is 18.6. The van der Waals surface area contributed by atoms with Crippen LogP contribution >= 0.6 is 0 Å². The van der Waals surface area contributed by atoms with Crippen molar-refractivity contribution in [2.45, 2.75) is 37.6 Å². The van der Waals surface area contributed by atoms with Gasteiger partial charge in [-0.25, -0.2) is 19.5 Å². The van der Waals surface area contributed by atoms with Gasteiger partial charge in [-0.05, 0) is 49.1 Å². The van der Waals surface area contributed by atoms with E-state index in [1.165, 1.54) is 6.20 Å². The van der Waals surface area contributed by atoms with Crippen molar-refractivity contribution in [1.82, 2.24) is 29.9 Å². The van der Waals surface area contributed by atoms with Crippen molar-refractivity contribution >= 4 is 16.5 Å². The summed E-state index contributed by atoms with van der Waals surface area (Å²) in [5, 5.41) is 10.5. The maximum atomic E-state index is 14.9.